The fraction of sp³-hybridized carbons (Fsp3) is 0.500. The molecular formula is C14H21N3O2. The molecule has 1 aliphatic rings. The average molecular weight is 263 g/mol. The van der Waals surface area contributed by atoms with Gasteiger partial charge in [0.1, 0.15) is 12.4 Å². The summed E-state index contributed by atoms with van der Waals surface area (Å²) in [5.74, 6) is 0.900. The van der Waals surface area contributed by atoms with Crippen molar-refractivity contribution in [2.24, 2.45) is 10.9 Å². The monoisotopic (exact) mass is 263 g/mol. The average Bonchev–Trinajstić information content (AvgIpc) is 2.96. The van der Waals surface area contributed by atoms with Gasteiger partial charge < -0.3 is 21.0 Å². The standard InChI is InChI=1S/C14H21N3O2/c15-14(17-18)11-5-7-13(8-6-11)19-10-9-16-12-3-1-2-4-12/h5-8,12,16,18H,1-4,9-10H2,(H2,15,17). The zero-order valence-corrected chi connectivity index (χ0v) is 11.0. The summed E-state index contributed by atoms with van der Waals surface area (Å²) in [6.45, 7) is 1.52. The van der Waals surface area contributed by atoms with Crippen molar-refractivity contribution in [2.45, 2.75) is 31.7 Å². The molecular weight excluding hydrogens is 242 g/mol. The summed E-state index contributed by atoms with van der Waals surface area (Å²) >= 11 is 0. The van der Waals surface area contributed by atoms with E-state index in [1.165, 1.54) is 25.7 Å². The first-order valence-electron chi connectivity index (χ1n) is 6.74. The summed E-state index contributed by atoms with van der Waals surface area (Å²) in [6.07, 6.45) is 5.25. The number of oxime groups is 1. The highest BCUT2D eigenvalue weighted by molar-refractivity contribution is 5.97. The molecule has 19 heavy (non-hydrogen) atoms. The van der Waals surface area contributed by atoms with Crippen LogP contribution in [0.5, 0.6) is 5.75 Å². The van der Waals surface area contributed by atoms with E-state index in [-0.39, 0.29) is 5.84 Å². The fourth-order valence-corrected chi connectivity index (χ4v) is 2.34. The van der Waals surface area contributed by atoms with E-state index in [1.54, 1.807) is 12.1 Å². The number of nitrogens with two attached hydrogens (primary N) is 1. The lowest BCUT2D eigenvalue weighted by molar-refractivity contribution is 0.305. The predicted octanol–water partition coefficient (Wildman–Crippen LogP) is 1.69. The SMILES string of the molecule is NC(=NO)c1ccc(OCCNC2CCCC2)cc1. The summed E-state index contributed by atoms with van der Waals surface area (Å²) in [5.41, 5.74) is 6.16. The Balaban J connectivity index is 1.70. The lowest BCUT2D eigenvalue weighted by Crippen LogP contribution is -2.30. The molecule has 1 aromatic carbocycles. The number of hydrogen-bond acceptors (Lipinski definition) is 4. The van der Waals surface area contributed by atoms with Crippen molar-refractivity contribution >= 4 is 5.84 Å². The molecule has 1 aliphatic carbocycles. The molecule has 0 bridgehead atoms. The third-order valence-corrected chi connectivity index (χ3v) is 3.42. The summed E-state index contributed by atoms with van der Waals surface area (Å²) in [7, 11) is 0. The number of rotatable bonds is 6. The van der Waals surface area contributed by atoms with Crippen LogP contribution in [0.4, 0.5) is 0 Å². The molecule has 0 aliphatic heterocycles. The Labute approximate surface area is 113 Å². The maximum Gasteiger partial charge on any atom is 0.170 e. The Bertz CT molecular complexity index is 411. The molecule has 5 heteroatoms. The second-order valence-electron chi connectivity index (χ2n) is 4.79. The van der Waals surface area contributed by atoms with Gasteiger partial charge in [0.25, 0.3) is 0 Å². The van der Waals surface area contributed by atoms with Gasteiger partial charge in [0, 0.05) is 18.2 Å². The van der Waals surface area contributed by atoms with Crippen LogP contribution in [0.25, 0.3) is 0 Å². The van der Waals surface area contributed by atoms with E-state index in [0.717, 1.165) is 12.3 Å². The van der Waals surface area contributed by atoms with Gasteiger partial charge in [-0.25, -0.2) is 0 Å². The first-order valence-corrected chi connectivity index (χ1v) is 6.74. The van der Waals surface area contributed by atoms with E-state index in [0.29, 0.717) is 18.2 Å². The second-order valence-corrected chi connectivity index (χ2v) is 4.79. The molecule has 0 aromatic heterocycles. The van der Waals surface area contributed by atoms with E-state index >= 15 is 0 Å². The van der Waals surface area contributed by atoms with Crippen molar-refractivity contribution < 1.29 is 9.94 Å². The minimum atomic E-state index is 0.106. The Morgan fingerprint density at radius 2 is 2.00 bits per heavy atom. The lowest BCUT2D eigenvalue weighted by Gasteiger charge is -2.12. The summed E-state index contributed by atoms with van der Waals surface area (Å²) in [6, 6.07) is 7.86. The number of ether oxygens (including phenoxy) is 1. The molecule has 0 heterocycles. The summed E-state index contributed by atoms with van der Waals surface area (Å²) in [5, 5.41) is 15.0. The third kappa shape index (κ3) is 4.13. The Morgan fingerprint density at radius 1 is 1.32 bits per heavy atom. The zero-order chi connectivity index (χ0) is 13.5. The van der Waals surface area contributed by atoms with E-state index in [4.69, 9.17) is 15.7 Å². The van der Waals surface area contributed by atoms with Gasteiger partial charge in [0.15, 0.2) is 5.84 Å². The van der Waals surface area contributed by atoms with Gasteiger partial charge in [0.2, 0.25) is 0 Å². The molecule has 2 rings (SSSR count). The lowest BCUT2D eigenvalue weighted by atomic mass is 10.2. The molecule has 1 aromatic rings. The van der Waals surface area contributed by atoms with Gasteiger partial charge >= 0.3 is 0 Å². The molecule has 0 atom stereocenters. The molecule has 1 saturated carbocycles. The van der Waals surface area contributed by atoms with Gasteiger partial charge in [-0.05, 0) is 37.1 Å². The van der Waals surface area contributed by atoms with Crippen LogP contribution < -0.4 is 15.8 Å². The van der Waals surface area contributed by atoms with Crippen LogP contribution in [0.1, 0.15) is 31.2 Å². The van der Waals surface area contributed by atoms with E-state index in [2.05, 4.69) is 10.5 Å². The van der Waals surface area contributed by atoms with Crippen molar-refractivity contribution in [3.8, 4) is 5.75 Å². The Morgan fingerprint density at radius 3 is 2.63 bits per heavy atom. The normalized spacial score (nSPS) is 16.7. The maximum atomic E-state index is 8.56. The van der Waals surface area contributed by atoms with Crippen LogP contribution in [-0.4, -0.2) is 30.2 Å². The largest absolute Gasteiger partial charge is 0.492 e. The van der Waals surface area contributed by atoms with E-state index < -0.39 is 0 Å². The Kier molecular flexibility index (Phi) is 5.03. The molecule has 0 saturated heterocycles. The number of nitrogens with zero attached hydrogens (tertiary/aromatic N) is 1. The minimum Gasteiger partial charge on any atom is -0.492 e. The number of hydrogen-bond donors (Lipinski definition) is 3. The topological polar surface area (TPSA) is 79.9 Å². The second kappa shape index (κ2) is 6.99. The van der Waals surface area contributed by atoms with Crippen molar-refractivity contribution in [3.63, 3.8) is 0 Å². The van der Waals surface area contributed by atoms with Gasteiger partial charge in [-0.15, -0.1) is 0 Å². The van der Waals surface area contributed by atoms with E-state index in [9.17, 15) is 0 Å². The zero-order valence-electron chi connectivity index (χ0n) is 11.0. The number of benzene rings is 1. The summed E-state index contributed by atoms with van der Waals surface area (Å²) in [4.78, 5) is 0. The molecule has 0 unspecified atom stereocenters. The molecule has 0 amide bonds. The Hall–Kier alpha value is -1.75. The van der Waals surface area contributed by atoms with Crippen molar-refractivity contribution in [3.05, 3.63) is 29.8 Å². The molecule has 0 radical (unpaired) electrons. The van der Waals surface area contributed by atoms with Gasteiger partial charge in [-0.2, -0.15) is 0 Å². The molecule has 4 N–H and O–H groups in total. The molecule has 104 valence electrons. The van der Waals surface area contributed by atoms with Gasteiger partial charge in [-0.3, -0.25) is 0 Å². The van der Waals surface area contributed by atoms with Crippen LogP contribution in [0.3, 0.4) is 0 Å². The van der Waals surface area contributed by atoms with Crippen LogP contribution in [0.15, 0.2) is 29.4 Å². The third-order valence-electron chi connectivity index (χ3n) is 3.42. The van der Waals surface area contributed by atoms with Crippen LogP contribution >= 0.6 is 0 Å². The maximum absolute atomic E-state index is 8.56. The van der Waals surface area contributed by atoms with Gasteiger partial charge in [0.05, 0.1) is 0 Å². The van der Waals surface area contributed by atoms with Crippen LogP contribution in [0.2, 0.25) is 0 Å². The number of nitrogens with one attached hydrogen (secondary N) is 1. The quantitative estimate of drug-likeness (QED) is 0.240. The van der Waals surface area contributed by atoms with Crippen LogP contribution in [0, 0.1) is 0 Å². The molecule has 5 nitrogen and oxygen atoms in total. The first-order chi connectivity index (χ1) is 9.29. The fourth-order valence-electron chi connectivity index (χ4n) is 2.34. The first kappa shape index (κ1) is 13.7. The van der Waals surface area contributed by atoms with Gasteiger partial charge in [-0.1, -0.05) is 18.0 Å². The molecule has 0 spiro atoms. The molecule has 1 fully saturated rings. The van der Waals surface area contributed by atoms with Crippen molar-refractivity contribution in [2.75, 3.05) is 13.2 Å². The van der Waals surface area contributed by atoms with Crippen molar-refractivity contribution in [1.29, 1.82) is 0 Å². The van der Waals surface area contributed by atoms with Crippen LogP contribution in [-0.2, 0) is 0 Å². The number of amidine groups is 1. The van der Waals surface area contributed by atoms with E-state index in [1.807, 2.05) is 12.1 Å². The van der Waals surface area contributed by atoms with Crippen molar-refractivity contribution in [1.82, 2.24) is 5.32 Å². The highest BCUT2D eigenvalue weighted by atomic mass is 16.5. The smallest absolute Gasteiger partial charge is 0.170 e. The highest BCUT2D eigenvalue weighted by Crippen LogP contribution is 2.17. The predicted molar refractivity (Wildman–Crippen MR) is 74.7 cm³/mol. The minimum absolute atomic E-state index is 0.106. The summed E-state index contributed by atoms with van der Waals surface area (Å²) < 4.78 is 5.63. The highest BCUT2D eigenvalue weighted by Gasteiger charge is 2.13.